The maximum Gasteiger partial charge on any atom is 0.213 e. The van der Waals surface area contributed by atoms with E-state index in [4.69, 9.17) is 11.6 Å². The van der Waals surface area contributed by atoms with Gasteiger partial charge in [-0.05, 0) is 71.8 Å². The van der Waals surface area contributed by atoms with Crippen molar-refractivity contribution in [3.05, 3.63) is 82.6 Å². The van der Waals surface area contributed by atoms with Crippen LogP contribution >= 0.6 is 23.5 Å². The molecule has 0 bridgehead atoms. The predicted octanol–water partition coefficient (Wildman–Crippen LogP) is 6.55. The molecular weight excluding hydrogens is 442 g/mol. The third-order valence-corrected chi connectivity index (χ3v) is 5.97. The Hall–Kier alpha value is -2.83. The molecule has 1 heterocycles. The largest absolute Gasteiger partial charge is 0.325 e. The molecule has 0 spiro atoms. The van der Waals surface area contributed by atoms with Crippen molar-refractivity contribution in [1.29, 1.82) is 0 Å². The summed E-state index contributed by atoms with van der Waals surface area (Å²) in [7, 11) is 1.70. The molecule has 168 valence electrons. The second kappa shape index (κ2) is 11.7. The molecule has 0 aliphatic carbocycles. The van der Waals surface area contributed by atoms with Gasteiger partial charge in [0.1, 0.15) is 0 Å². The van der Waals surface area contributed by atoms with Gasteiger partial charge >= 0.3 is 0 Å². The molecule has 3 aromatic rings. The van der Waals surface area contributed by atoms with Gasteiger partial charge in [0.15, 0.2) is 6.29 Å². The molecule has 0 atom stereocenters. The quantitative estimate of drug-likeness (QED) is 0.327. The molecule has 0 saturated heterocycles. The number of nitrogens with one attached hydrogen (secondary N) is 1. The Morgan fingerprint density at radius 2 is 1.62 bits per heavy atom. The van der Waals surface area contributed by atoms with Gasteiger partial charge in [0.2, 0.25) is 6.41 Å². The van der Waals surface area contributed by atoms with Gasteiger partial charge in [0.25, 0.3) is 0 Å². The van der Waals surface area contributed by atoms with Crippen LogP contribution in [0.1, 0.15) is 42.3 Å². The second-order valence-corrected chi connectivity index (χ2v) is 9.44. The van der Waals surface area contributed by atoms with Crippen molar-refractivity contribution in [2.24, 2.45) is 0 Å². The smallest absolute Gasteiger partial charge is 0.213 e. The zero-order valence-electron chi connectivity index (χ0n) is 18.9. The number of amides is 1. The van der Waals surface area contributed by atoms with Gasteiger partial charge in [0, 0.05) is 41.3 Å². The number of pyridine rings is 1. The fourth-order valence-corrected chi connectivity index (χ4v) is 3.70. The molecule has 1 aromatic heterocycles. The molecule has 0 saturated carbocycles. The lowest BCUT2D eigenvalue weighted by Gasteiger charge is -2.19. The van der Waals surface area contributed by atoms with Gasteiger partial charge in [0.05, 0.1) is 5.02 Å². The third kappa shape index (κ3) is 7.11. The first kappa shape index (κ1) is 25.4. The molecule has 0 radical (unpaired) electrons. The van der Waals surface area contributed by atoms with Crippen LogP contribution in [0.25, 0.3) is 0 Å². The number of carbonyl (C=O) groups is 2. The van der Waals surface area contributed by atoms with Crippen molar-refractivity contribution in [3.8, 4) is 0 Å². The highest BCUT2D eigenvalue weighted by Crippen LogP contribution is 2.30. The van der Waals surface area contributed by atoms with Crippen molar-refractivity contribution < 1.29 is 9.59 Å². The Kier molecular flexibility index (Phi) is 9.29. The minimum absolute atomic E-state index is 0.155. The summed E-state index contributed by atoms with van der Waals surface area (Å²) in [6.45, 7) is 8.49. The van der Waals surface area contributed by atoms with Crippen molar-refractivity contribution in [1.82, 2.24) is 4.98 Å². The standard InChI is InChI=1S/C18H20ClNOS.C7H8N2O/c1-12-15(11-21)16(19)9-10-17(12)20-22-14-7-5-13(6-8-14)18(2,3)4;1-9(6-10)7-2-4-8-5-3-7/h5-11,20H,1-4H3;2-6H,1H3. The number of anilines is 2. The van der Waals surface area contributed by atoms with Crippen LogP contribution in [0.15, 0.2) is 65.8 Å². The Bertz CT molecular complexity index is 1040. The molecule has 7 heteroatoms. The van der Waals surface area contributed by atoms with Crippen LogP contribution in [0.5, 0.6) is 0 Å². The van der Waals surface area contributed by atoms with Gasteiger partial charge in [-0.25, -0.2) is 0 Å². The molecule has 3 rings (SSSR count). The lowest BCUT2D eigenvalue weighted by Crippen LogP contribution is -2.13. The predicted molar refractivity (Wildman–Crippen MR) is 135 cm³/mol. The van der Waals surface area contributed by atoms with Crippen molar-refractivity contribution in [3.63, 3.8) is 0 Å². The number of aromatic nitrogens is 1. The average molecular weight is 470 g/mol. The summed E-state index contributed by atoms with van der Waals surface area (Å²) in [4.78, 5) is 27.7. The molecule has 0 fully saturated rings. The van der Waals surface area contributed by atoms with Crippen LogP contribution in [0.2, 0.25) is 5.02 Å². The number of hydrogen-bond donors (Lipinski definition) is 1. The van der Waals surface area contributed by atoms with Gasteiger partial charge in [-0.15, -0.1) is 0 Å². The van der Waals surface area contributed by atoms with Gasteiger partial charge < -0.3 is 9.62 Å². The van der Waals surface area contributed by atoms with Gasteiger partial charge in [-0.1, -0.05) is 44.5 Å². The Morgan fingerprint density at radius 3 is 2.16 bits per heavy atom. The molecule has 1 amide bonds. The van der Waals surface area contributed by atoms with E-state index in [0.29, 0.717) is 10.6 Å². The van der Waals surface area contributed by atoms with Crippen LogP contribution in [-0.2, 0) is 10.2 Å². The average Bonchev–Trinajstić information content (AvgIpc) is 2.79. The van der Waals surface area contributed by atoms with E-state index in [2.05, 4.69) is 54.7 Å². The highest BCUT2D eigenvalue weighted by atomic mass is 35.5. The van der Waals surface area contributed by atoms with E-state index in [1.54, 1.807) is 37.6 Å². The maximum atomic E-state index is 11.1. The van der Waals surface area contributed by atoms with Gasteiger partial charge in [-0.3, -0.25) is 14.6 Å². The Morgan fingerprint density at radius 1 is 1.00 bits per heavy atom. The number of hydrogen-bond acceptors (Lipinski definition) is 5. The summed E-state index contributed by atoms with van der Waals surface area (Å²) < 4.78 is 3.29. The molecule has 1 N–H and O–H groups in total. The monoisotopic (exact) mass is 469 g/mol. The van der Waals surface area contributed by atoms with E-state index in [9.17, 15) is 9.59 Å². The van der Waals surface area contributed by atoms with Crippen LogP contribution < -0.4 is 9.62 Å². The summed E-state index contributed by atoms with van der Waals surface area (Å²) in [5, 5.41) is 0.484. The molecule has 0 aliphatic heterocycles. The lowest BCUT2D eigenvalue weighted by atomic mass is 9.87. The molecule has 0 unspecified atom stereocenters. The zero-order chi connectivity index (χ0) is 23.7. The highest BCUT2D eigenvalue weighted by molar-refractivity contribution is 8.00. The minimum atomic E-state index is 0.155. The Balaban J connectivity index is 0.000000303. The maximum absolute atomic E-state index is 11.1. The van der Waals surface area contributed by atoms with E-state index in [1.165, 1.54) is 22.4 Å². The fraction of sp³-hybridized carbons (Fsp3) is 0.240. The zero-order valence-corrected chi connectivity index (χ0v) is 20.5. The highest BCUT2D eigenvalue weighted by Gasteiger charge is 2.13. The van der Waals surface area contributed by atoms with Crippen LogP contribution in [0.3, 0.4) is 0 Å². The molecule has 2 aromatic carbocycles. The van der Waals surface area contributed by atoms with Crippen molar-refractivity contribution in [2.75, 3.05) is 16.7 Å². The van der Waals surface area contributed by atoms with Gasteiger partial charge in [-0.2, -0.15) is 0 Å². The summed E-state index contributed by atoms with van der Waals surface area (Å²) >= 11 is 7.54. The van der Waals surface area contributed by atoms with Crippen LogP contribution in [-0.4, -0.2) is 24.7 Å². The summed E-state index contributed by atoms with van der Waals surface area (Å²) in [5.74, 6) is 0. The van der Waals surface area contributed by atoms with Crippen LogP contribution in [0.4, 0.5) is 11.4 Å². The van der Waals surface area contributed by atoms with Crippen molar-refractivity contribution in [2.45, 2.75) is 38.0 Å². The fourth-order valence-electron chi connectivity index (χ4n) is 2.73. The third-order valence-electron chi connectivity index (χ3n) is 4.81. The summed E-state index contributed by atoms with van der Waals surface area (Å²) in [6.07, 6.45) is 4.85. The number of halogens is 1. The number of aldehydes is 1. The van der Waals surface area contributed by atoms with E-state index >= 15 is 0 Å². The summed E-state index contributed by atoms with van der Waals surface area (Å²) in [5.41, 5.74) is 4.61. The summed E-state index contributed by atoms with van der Waals surface area (Å²) in [6, 6.07) is 15.7. The number of benzene rings is 2. The lowest BCUT2D eigenvalue weighted by molar-refractivity contribution is -0.107. The first-order valence-electron chi connectivity index (χ1n) is 10.0. The first-order chi connectivity index (χ1) is 15.2. The van der Waals surface area contributed by atoms with Crippen molar-refractivity contribution >= 4 is 47.6 Å². The van der Waals surface area contributed by atoms with E-state index in [0.717, 1.165) is 34.5 Å². The Labute approximate surface area is 199 Å². The normalized spacial score (nSPS) is 10.6. The SMILES string of the molecule is CN(C=O)c1ccncc1.Cc1c(NSc2ccc(C(C)(C)C)cc2)ccc(Cl)c1C=O. The molecule has 5 nitrogen and oxygen atoms in total. The number of nitrogens with zero attached hydrogens (tertiary/aromatic N) is 2. The topological polar surface area (TPSA) is 62.3 Å². The van der Waals surface area contributed by atoms with E-state index in [1.807, 2.05) is 13.0 Å². The minimum Gasteiger partial charge on any atom is -0.325 e. The molecule has 32 heavy (non-hydrogen) atoms. The first-order valence-corrected chi connectivity index (χ1v) is 11.2. The van der Waals surface area contributed by atoms with Crippen LogP contribution in [0, 0.1) is 6.92 Å². The second-order valence-electron chi connectivity index (χ2n) is 8.15. The van der Waals surface area contributed by atoms with E-state index < -0.39 is 0 Å². The van der Waals surface area contributed by atoms with E-state index in [-0.39, 0.29) is 5.41 Å². The number of carbonyl (C=O) groups excluding carboxylic acids is 2. The molecular formula is C25H28ClN3O2S. The number of rotatable bonds is 6. The molecule has 0 aliphatic rings.